The van der Waals surface area contributed by atoms with Crippen molar-refractivity contribution in [3.63, 3.8) is 0 Å². The SMILES string of the molecule is CC(C)(O)Cn1cc(-c2ncnc3oc(-c4ccccc4)cc23)c(-c2ccc(F)cc2)n1. The Kier molecular flexibility index (Phi) is 4.83. The lowest BCUT2D eigenvalue weighted by Gasteiger charge is -2.16. The molecule has 7 heteroatoms. The van der Waals surface area contributed by atoms with Gasteiger partial charge in [0.25, 0.3) is 0 Å². The molecular formula is C25H21FN4O2. The van der Waals surface area contributed by atoms with E-state index in [0.29, 0.717) is 22.9 Å². The van der Waals surface area contributed by atoms with Gasteiger partial charge < -0.3 is 9.52 Å². The summed E-state index contributed by atoms with van der Waals surface area (Å²) < 4.78 is 21.2. The molecule has 6 nitrogen and oxygen atoms in total. The molecule has 160 valence electrons. The molecule has 0 radical (unpaired) electrons. The molecule has 0 aliphatic carbocycles. The molecule has 0 unspecified atom stereocenters. The second kappa shape index (κ2) is 7.69. The molecule has 5 rings (SSSR count). The Bertz CT molecular complexity index is 1380. The normalized spacial score (nSPS) is 11.9. The highest BCUT2D eigenvalue weighted by Gasteiger charge is 2.22. The second-order valence-electron chi connectivity index (χ2n) is 8.33. The zero-order valence-corrected chi connectivity index (χ0v) is 17.7. The van der Waals surface area contributed by atoms with Gasteiger partial charge in [-0.2, -0.15) is 5.10 Å². The highest BCUT2D eigenvalue weighted by atomic mass is 19.1. The van der Waals surface area contributed by atoms with Gasteiger partial charge >= 0.3 is 0 Å². The summed E-state index contributed by atoms with van der Waals surface area (Å²) >= 11 is 0. The van der Waals surface area contributed by atoms with E-state index in [4.69, 9.17) is 4.42 Å². The van der Waals surface area contributed by atoms with Crippen LogP contribution in [0.1, 0.15) is 13.8 Å². The van der Waals surface area contributed by atoms with Gasteiger partial charge in [-0.25, -0.2) is 14.4 Å². The number of benzene rings is 2. The monoisotopic (exact) mass is 428 g/mol. The first-order valence-corrected chi connectivity index (χ1v) is 10.2. The number of aliphatic hydroxyl groups is 1. The Morgan fingerprint density at radius 2 is 1.72 bits per heavy atom. The third-order valence-corrected chi connectivity index (χ3v) is 5.07. The van der Waals surface area contributed by atoms with Crippen LogP contribution in [0.3, 0.4) is 0 Å². The molecule has 0 bridgehead atoms. The van der Waals surface area contributed by atoms with Crippen molar-refractivity contribution in [3.05, 3.63) is 79.0 Å². The topological polar surface area (TPSA) is 77.0 Å². The van der Waals surface area contributed by atoms with E-state index >= 15 is 0 Å². The third kappa shape index (κ3) is 3.90. The van der Waals surface area contributed by atoms with Gasteiger partial charge in [0, 0.05) is 22.9 Å². The predicted octanol–water partition coefficient (Wildman–Crippen LogP) is 5.33. The van der Waals surface area contributed by atoms with Gasteiger partial charge in [0.2, 0.25) is 5.71 Å². The highest BCUT2D eigenvalue weighted by molar-refractivity contribution is 5.95. The molecule has 0 saturated heterocycles. The Labute approximate surface area is 184 Å². The van der Waals surface area contributed by atoms with Gasteiger partial charge in [-0.15, -0.1) is 0 Å². The molecule has 0 saturated carbocycles. The Hall–Kier alpha value is -3.84. The quantitative estimate of drug-likeness (QED) is 0.409. The molecule has 1 N–H and O–H groups in total. The van der Waals surface area contributed by atoms with E-state index in [9.17, 15) is 9.50 Å². The van der Waals surface area contributed by atoms with Crippen LogP contribution in [0.4, 0.5) is 4.39 Å². The molecule has 0 amide bonds. The minimum Gasteiger partial charge on any atom is -0.438 e. The minimum absolute atomic E-state index is 0.288. The van der Waals surface area contributed by atoms with Crippen LogP contribution < -0.4 is 0 Å². The number of fused-ring (bicyclic) bond motifs is 1. The van der Waals surface area contributed by atoms with Crippen molar-refractivity contribution in [3.8, 4) is 33.8 Å². The zero-order valence-electron chi connectivity index (χ0n) is 17.7. The maximum absolute atomic E-state index is 13.5. The average Bonchev–Trinajstić information content (AvgIpc) is 3.38. The standard InChI is InChI=1S/C25H21FN4O2/c1-25(2,31)14-30-13-20(22(29-30)17-8-10-18(26)11-9-17)23-19-12-21(16-6-4-3-5-7-16)32-24(19)28-15-27-23/h3-13,15,31H,14H2,1-2H3. The molecular weight excluding hydrogens is 407 g/mol. The summed E-state index contributed by atoms with van der Waals surface area (Å²) in [6, 6.07) is 17.9. The number of nitrogens with zero attached hydrogens (tertiary/aromatic N) is 4. The van der Waals surface area contributed by atoms with Crippen LogP contribution in [0.15, 0.2) is 77.6 Å². The van der Waals surface area contributed by atoms with Gasteiger partial charge in [-0.05, 0) is 44.2 Å². The van der Waals surface area contributed by atoms with Crippen LogP contribution in [0.5, 0.6) is 0 Å². The van der Waals surface area contributed by atoms with Crippen LogP contribution in [-0.4, -0.2) is 30.5 Å². The van der Waals surface area contributed by atoms with Crippen molar-refractivity contribution in [2.24, 2.45) is 0 Å². The summed E-state index contributed by atoms with van der Waals surface area (Å²) in [5.74, 6) is 0.368. The molecule has 3 heterocycles. The first-order valence-electron chi connectivity index (χ1n) is 10.2. The summed E-state index contributed by atoms with van der Waals surface area (Å²) in [6.07, 6.45) is 3.30. The number of halogens is 1. The van der Waals surface area contributed by atoms with Gasteiger partial charge in [0.05, 0.1) is 23.2 Å². The molecule has 2 aromatic carbocycles. The van der Waals surface area contributed by atoms with Gasteiger partial charge in [-0.1, -0.05) is 30.3 Å². The number of rotatable bonds is 5. The summed E-state index contributed by atoms with van der Waals surface area (Å²) in [5.41, 5.74) is 3.23. The Balaban J connectivity index is 1.69. The van der Waals surface area contributed by atoms with Crippen molar-refractivity contribution in [2.75, 3.05) is 0 Å². The van der Waals surface area contributed by atoms with Crippen LogP contribution in [0, 0.1) is 5.82 Å². The number of aromatic nitrogens is 4. The van der Waals surface area contributed by atoms with E-state index < -0.39 is 5.60 Å². The molecule has 0 spiro atoms. The molecule has 0 fully saturated rings. The molecule has 5 aromatic rings. The minimum atomic E-state index is -0.958. The lowest BCUT2D eigenvalue weighted by molar-refractivity contribution is 0.0578. The average molecular weight is 428 g/mol. The van der Waals surface area contributed by atoms with Crippen molar-refractivity contribution >= 4 is 11.1 Å². The molecule has 0 aliphatic heterocycles. The summed E-state index contributed by atoms with van der Waals surface area (Å²) in [4.78, 5) is 8.84. The van der Waals surface area contributed by atoms with Crippen LogP contribution in [0.25, 0.3) is 44.9 Å². The van der Waals surface area contributed by atoms with Crippen molar-refractivity contribution in [1.29, 1.82) is 0 Å². The van der Waals surface area contributed by atoms with E-state index in [0.717, 1.165) is 22.1 Å². The van der Waals surface area contributed by atoms with Gasteiger partial charge in [0.1, 0.15) is 23.6 Å². The first-order chi connectivity index (χ1) is 15.4. The maximum Gasteiger partial charge on any atom is 0.230 e. The van der Waals surface area contributed by atoms with E-state index in [-0.39, 0.29) is 12.4 Å². The second-order valence-corrected chi connectivity index (χ2v) is 8.33. The first kappa shape index (κ1) is 20.1. The van der Waals surface area contributed by atoms with Crippen LogP contribution in [0.2, 0.25) is 0 Å². The Morgan fingerprint density at radius 3 is 2.44 bits per heavy atom. The van der Waals surface area contributed by atoms with E-state index in [1.165, 1.54) is 18.5 Å². The lowest BCUT2D eigenvalue weighted by atomic mass is 10.0. The number of hydrogen-bond donors (Lipinski definition) is 1. The molecule has 32 heavy (non-hydrogen) atoms. The zero-order chi connectivity index (χ0) is 22.3. The molecule has 3 aromatic heterocycles. The lowest BCUT2D eigenvalue weighted by Crippen LogP contribution is -2.26. The Morgan fingerprint density at radius 1 is 0.969 bits per heavy atom. The predicted molar refractivity (Wildman–Crippen MR) is 120 cm³/mol. The van der Waals surface area contributed by atoms with Gasteiger partial charge in [0.15, 0.2) is 0 Å². The number of hydrogen-bond acceptors (Lipinski definition) is 5. The highest BCUT2D eigenvalue weighted by Crippen LogP contribution is 2.36. The van der Waals surface area contributed by atoms with E-state index in [1.54, 1.807) is 30.7 Å². The fourth-order valence-electron chi connectivity index (χ4n) is 3.71. The van der Waals surface area contributed by atoms with Crippen molar-refractivity contribution in [1.82, 2.24) is 19.7 Å². The van der Waals surface area contributed by atoms with E-state index in [1.807, 2.05) is 42.6 Å². The summed E-state index contributed by atoms with van der Waals surface area (Å²) in [6.45, 7) is 3.73. The third-order valence-electron chi connectivity index (χ3n) is 5.07. The summed E-state index contributed by atoms with van der Waals surface area (Å²) in [5, 5.41) is 15.7. The van der Waals surface area contributed by atoms with Crippen molar-refractivity contribution in [2.45, 2.75) is 26.0 Å². The fourth-order valence-corrected chi connectivity index (χ4v) is 3.71. The smallest absolute Gasteiger partial charge is 0.230 e. The largest absolute Gasteiger partial charge is 0.438 e. The molecule has 0 aliphatic rings. The van der Waals surface area contributed by atoms with Crippen molar-refractivity contribution < 1.29 is 13.9 Å². The number of furan rings is 1. The van der Waals surface area contributed by atoms with Crippen LogP contribution in [-0.2, 0) is 6.54 Å². The van der Waals surface area contributed by atoms with E-state index in [2.05, 4.69) is 15.1 Å². The summed E-state index contributed by atoms with van der Waals surface area (Å²) in [7, 11) is 0. The van der Waals surface area contributed by atoms with Crippen LogP contribution >= 0.6 is 0 Å². The maximum atomic E-state index is 13.5. The fraction of sp³-hybridized carbons (Fsp3) is 0.160. The van der Waals surface area contributed by atoms with Gasteiger partial charge in [-0.3, -0.25) is 4.68 Å². The molecule has 0 atom stereocenters.